The number of Topliss-reactive ketones (excluding diaryl/α,β-unsaturated/α-hetero) is 1. The average Bonchev–Trinajstić information content (AvgIpc) is 2.98. The van der Waals surface area contributed by atoms with Crippen LogP contribution in [-0.2, 0) is 14.8 Å². The Labute approximate surface area is 173 Å². The Morgan fingerprint density at radius 1 is 1.18 bits per heavy atom. The molecule has 7 heteroatoms. The van der Waals surface area contributed by atoms with Crippen molar-refractivity contribution in [2.24, 2.45) is 16.7 Å². The smallest absolute Gasteiger partial charge is 0.215 e. The molecule has 5 nitrogen and oxygen atoms in total. The first kappa shape index (κ1) is 20.2. The van der Waals surface area contributed by atoms with Gasteiger partial charge in [0.1, 0.15) is 5.78 Å². The van der Waals surface area contributed by atoms with Crippen molar-refractivity contribution >= 4 is 33.1 Å². The van der Waals surface area contributed by atoms with E-state index in [4.69, 9.17) is 11.6 Å². The molecule has 1 heterocycles. The Morgan fingerprint density at radius 2 is 1.86 bits per heavy atom. The zero-order chi connectivity index (χ0) is 20.3. The lowest BCUT2D eigenvalue weighted by molar-refractivity contribution is -0.128. The van der Waals surface area contributed by atoms with E-state index in [2.05, 4.69) is 18.7 Å². The normalized spacial score (nSPS) is 30.2. The molecule has 28 heavy (non-hydrogen) atoms. The molecule has 0 spiro atoms. The lowest BCUT2D eigenvalue weighted by Crippen LogP contribution is -2.52. The largest absolute Gasteiger partial charge is 0.369 e. The van der Waals surface area contributed by atoms with Gasteiger partial charge in [0.25, 0.3) is 0 Å². The number of hydrogen-bond donors (Lipinski definition) is 0. The van der Waals surface area contributed by atoms with Crippen molar-refractivity contribution in [2.75, 3.05) is 36.8 Å². The molecule has 3 aliphatic rings. The van der Waals surface area contributed by atoms with Crippen LogP contribution in [0.2, 0.25) is 5.02 Å². The van der Waals surface area contributed by atoms with Crippen LogP contribution in [0.15, 0.2) is 18.2 Å². The molecule has 2 saturated carbocycles. The fourth-order valence-corrected chi connectivity index (χ4v) is 7.89. The van der Waals surface area contributed by atoms with E-state index >= 15 is 0 Å². The van der Waals surface area contributed by atoms with Crippen molar-refractivity contribution in [3.63, 3.8) is 0 Å². The van der Waals surface area contributed by atoms with Crippen LogP contribution in [0.5, 0.6) is 0 Å². The summed E-state index contributed by atoms with van der Waals surface area (Å²) in [5.74, 6) is 0.460. The number of carbonyl (C=O) groups is 1. The SMILES string of the molecule is Cc1ccc(N2CCN(S(=O)(=O)C[C@]34CC[C@H](CC3=O)C4(C)C)CC2)cc1Cl. The number of ketones is 1. The average molecular weight is 425 g/mol. The van der Waals surface area contributed by atoms with E-state index in [1.54, 1.807) is 4.31 Å². The minimum atomic E-state index is -3.48. The number of rotatable bonds is 4. The van der Waals surface area contributed by atoms with Crippen molar-refractivity contribution in [3.05, 3.63) is 28.8 Å². The second-order valence-electron chi connectivity index (χ2n) is 9.24. The first-order valence-electron chi connectivity index (χ1n) is 10.1. The zero-order valence-corrected chi connectivity index (χ0v) is 18.4. The van der Waals surface area contributed by atoms with Gasteiger partial charge in [-0.15, -0.1) is 0 Å². The number of anilines is 1. The minimum Gasteiger partial charge on any atom is -0.369 e. The molecule has 0 amide bonds. The van der Waals surface area contributed by atoms with Crippen LogP contribution in [-0.4, -0.2) is 50.4 Å². The molecule has 0 unspecified atom stereocenters. The van der Waals surface area contributed by atoms with Crippen molar-refractivity contribution in [3.8, 4) is 0 Å². The summed E-state index contributed by atoms with van der Waals surface area (Å²) in [6.45, 7) is 8.30. The number of fused-ring (bicyclic) bond motifs is 2. The van der Waals surface area contributed by atoms with Gasteiger partial charge in [0.15, 0.2) is 0 Å². The van der Waals surface area contributed by atoms with Crippen LogP contribution < -0.4 is 4.90 Å². The van der Waals surface area contributed by atoms with Crippen molar-refractivity contribution in [1.82, 2.24) is 4.31 Å². The van der Waals surface area contributed by atoms with E-state index in [9.17, 15) is 13.2 Å². The van der Waals surface area contributed by atoms with E-state index < -0.39 is 15.4 Å². The number of carbonyl (C=O) groups excluding carboxylic acids is 1. The van der Waals surface area contributed by atoms with E-state index in [0.29, 0.717) is 44.9 Å². The van der Waals surface area contributed by atoms with Gasteiger partial charge in [0.2, 0.25) is 10.0 Å². The lowest BCUT2D eigenvalue weighted by Gasteiger charge is -2.40. The first-order chi connectivity index (χ1) is 13.1. The number of piperazine rings is 1. The van der Waals surface area contributed by atoms with Gasteiger partial charge in [-0.3, -0.25) is 4.79 Å². The second-order valence-corrected chi connectivity index (χ2v) is 11.6. The number of benzene rings is 1. The molecule has 3 fully saturated rings. The van der Waals surface area contributed by atoms with Gasteiger partial charge in [-0.25, -0.2) is 8.42 Å². The number of aryl methyl sites for hydroxylation is 1. The van der Waals surface area contributed by atoms with Crippen LogP contribution in [0.4, 0.5) is 5.69 Å². The summed E-state index contributed by atoms with van der Waals surface area (Å²) < 4.78 is 28.1. The summed E-state index contributed by atoms with van der Waals surface area (Å²) in [5.41, 5.74) is 1.14. The number of hydrogen-bond acceptors (Lipinski definition) is 4. The highest BCUT2D eigenvalue weighted by atomic mass is 35.5. The van der Waals surface area contributed by atoms with Crippen molar-refractivity contribution < 1.29 is 13.2 Å². The standard InChI is InChI=1S/C21H29ClN2O3S/c1-15-4-5-17(13-18(15)22)23-8-10-24(11-9-23)28(26,27)14-21-7-6-16(12-19(21)25)20(21,2)3/h4-5,13,16H,6-12,14H2,1-3H3/t16-,21-/m1/s1. The molecule has 0 N–H and O–H groups in total. The van der Waals surface area contributed by atoms with E-state index in [0.717, 1.165) is 22.7 Å². The van der Waals surface area contributed by atoms with Gasteiger partial charge >= 0.3 is 0 Å². The van der Waals surface area contributed by atoms with Crippen LogP contribution in [0.1, 0.15) is 38.7 Å². The number of halogens is 1. The summed E-state index contributed by atoms with van der Waals surface area (Å²) >= 11 is 6.24. The molecule has 154 valence electrons. The van der Waals surface area contributed by atoms with Crippen LogP contribution in [0, 0.1) is 23.7 Å². The molecule has 2 atom stereocenters. The second kappa shape index (κ2) is 6.71. The minimum absolute atomic E-state index is 0.0291. The first-order valence-corrected chi connectivity index (χ1v) is 12.1. The summed E-state index contributed by atoms with van der Waals surface area (Å²) in [6, 6.07) is 5.96. The predicted octanol–water partition coefficient (Wildman–Crippen LogP) is 3.50. The van der Waals surface area contributed by atoms with Gasteiger partial charge in [0, 0.05) is 48.7 Å². The maximum absolute atomic E-state index is 13.2. The molecular weight excluding hydrogens is 396 g/mol. The maximum atomic E-state index is 13.2. The number of sulfonamides is 1. The van der Waals surface area contributed by atoms with Gasteiger partial charge in [0.05, 0.1) is 5.75 Å². The monoisotopic (exact) mass is 424 g/mol. The molecule has 0 aromatic heterocycles. The molecular formula is C21H29ClN2O3S. The highest BCUT2D eigenvalue weighted by Gasteiger charge is 2.65. The fourth-order valence-electron chi connectivity index (χ4n) is 5.51. The molecule has 1 aliphatic heterocycles. The molecule has 2 aliphatic carbocycles. The highest BCUT2D eigenvalue weighted by Crippen LogP contribution is 2.64. The maximum Gasteiger partial charge on any atom is 0.215 e. The van der Waals surface area contributed by atoms with Crippen LogP contribution >= 0.6 is 11.6 Å². The summed E-state index contributed by atoms with van der Waals surface area (Å²) in [7, 11) is -3.48. The summed E-state index contributed by atoms with van der Waals surface area (Å²) in [6.07, 6.45) is 2.23. The van der Waals surface area contributed by atoms with E-state index in [-0.39, 0.29) is 17.0 Å². The molecule has 1 aromatic rings. The van der Waals surface area contributed by atoms with Crippen molar-refractivity contribution in [1.29, 1.82) is 0 Å². The Morgan fingerprint density at radius 3 is 2.39 bits per heavy atom. The zero-order valence-electron chi connectivity index (χ0n) is 16.9. The Bertz CT molecular complexity index is 906. The molecule has 1 aromatic carbocycles. The molecule has 2 bridgehead atoms. The Balaban J connectivity index is 1.47. The quantitative estimate of drug-likeness (QED) is 0.742. The van der Waals surface area contributed by atoms with E-state index in [1.807, 2.05) is 25.1 Å². The molecule has 0 radical (unpaired) electrons. The fraction of sp³-hybridized carbons (Fsp3) is 0.667. The van der Waals surface area contributed by atoms with Gasteiger partial charge < -0.3 is 4.90 Å². The number of nitrogens with zero attached hydrogens (tertiary/aromatic N) is 2. The van der Waals surface area contributed by atoms with Gasteiger partial charge in [-0.2, -0.15) is 4.31 Å². The molecule has 4 rings (SSSR count). The third-order valence-electron chi connectivity index (χ3n) is 7.72. The third kappa shape index (κ3) is 2.99. The Hall–Kier alpha value is -1.11. The summed E-state index contributed by atoms with van der Waals surface area (Å²) in [4.78, 5) is 14.9. The topological polar surface area (TPSA) is 57.7 Å². The molecule has 1 saturated heterocycles. The lowest BCUT2D eigenvalue weighted by atomic mass is 9.70. The van der Waals surface area contributed by atoms with E-state index in [1.165, 1.54) is 0 Å². The van der Waals surface area contributed by atoms with Gasteiger partial charge in [-0.1, -0.05) is 31.5 Å². The highest BCUT2D eigenvalue weighted by molar-refractivity contribution is 7.89. The van der Waals surface area contributed by atoms with Crippen molar-refractivity contribution in [2.45, 2.75) is 40.0 Å². The third-order valence-corrected chi connectivity index (χ3v) is 10.1. The summed E-state index contributed by atoms with van der Waals surface area (Å²) in [5, 5.41) is 0.726. The van der Waals surface area contributed by atoms with Crippen LogP contribution in [0.3, 0.4) is 0 Å². The Kier molecular flexibility index (Phi) is 4.83. The predicted molar refractivity (Wildman–Crippen MR) is 112 cm³/mol. The van der Waals surface area contributed by atoms with Gasteiger partial charge in [-0.05, 0) is 48.8 Å². The van der Waals surface area contributed by atoms with Crippen LogP contribution in [0.25, 0.3) is 0 Å².